The topological polar surface area (TPSA) is 56.8 Å². The summed E-state index contributed by atoms with van der Waals surface area (Å²) in [6, 6.07) is 19.6. The average Bonchev–Trinajstić information content (AvgIpc) is 2.76. The van der Waals surface area contributed by atoms with Gasteiger partial charge in [-0.15, -0.1) is 0 Å². The third-order valence-electron chi connectivity index (χ3n) is 5.66. The van der Waals surface area contributed by atoms with E-state index in [2.05, 4.69) is 11.4 Å². The highest BCUT2D eigenvalue weighted by Crippen LogP contribution is 2.41. The quantitative estimate of drug-likeness (QED) is 0.579. The van der Waals surface area contributed by atoms with Crippen LogP contribution >= 0.6 is 0 Å². The number of fused-ring (bicyclic) bond motifs is 2. The van der Waals surface area contributed by atoms with Crippen molar-refractivity contribution in [2.24, 2.45) is 0 Å². The Morgan fingerprint density at radius 2 is 1.84 bits per heavy atom. The van der Waals surface area contributed by atoms with Gasteiger partial charge in [0, 0.05) is 18.1 Å². The van der Waals surface area contributed by atoms with Crippen molar-refractivity contribution in [3.63, 3.8) is 0 Å². The SMILES string of the molecule is CC[C@H](Oc1ccc2ccccc2c1)C(=O)N[C@H]1CC(C)(C)Oc2cc(OC)ccc21. The minimum absolute atomic E-state index is 0.125. The van der Waals surface area contributed by atoms with Crippen LogP contribution in [0.15, 0.2) is 60.7 Å². The van der Waals surface area contributed by atoms with Crippen molar-refractivity contribution in [2.45, 2.75) is 51.4 Å². The first-order valence-corrected chi connectivity index (χ1v) is 10.7. The lowest BCUT2D eigenvalue weighted by Crippen LogP contribution is -2.45. The highest BCUT2D eigenvalue weighted by atomic mass is 16.5. The standard InChI is InChI=1S/C26H29NO4/c1-5-23(30-20-11-10-17-8-6-7-9-18(17)14-20)25(28)27-22-16-26(2,3)31-24-15-19(29-4)12-13-21(22)24/h6-15,22-23H,5,16H2,1-4H3,(H,27,28)/t22-,23-/m0/s1. The highest BCUT2D eigenvalue weighted by molar-refractivity contribution is 5.84. The van der Waals surface area contributed by atoms with E-state index < -0.39 is 11.7 Å². The molecule has 0 saturated carbocycles. The molecule has 5 nitrogen and oxygen atoms in total. The lowest BCUT2D eigenvalue weighted by Gasteiger charge is -2.38. The number of ether oxygens (including phenoxy) is 3. The number of methoxy groups -OCH3 is 1. The Morgan fingerprint density at radius 3 is 2.58 bits per heavy atom. The summed E-state index contributed by atoms with van der Waals surface area (Å²) in [6.45, 7) is 6.01. The van der Waals surface area contributed by atoms with Crippen LogP contribution in [0.3, 0.4) is 0 Å². The maximum absolute atomic E-state index is 13.2. The van der Waals surface area contributed by atoms with Gasteiger partial charge in [0.1, 0.15) is 22.8 Å². The lowest BCUT2D eigenvalue weighted by atomic mass is 9.89. The molecule has 1 aliphatic heterocycles. The van der Waals surface area contributed by atoms with Crippen LogP contribution in [0, 0.1) is 0 Å². The van der Waals surface area contributed by atoms with E-state index in [4.69, 9.17) is 14.2 Å². The molecular formula is C26H29NO4. The normalized spacial score (nSPS) is 17.9. The molecule has 2 atom stereocenters. The van der Waals surface area contributed by atoms with Crippen LogP contribution in [0.4, 0.5) is 0 Å². The number of hydrogen-bond donors (Lipinski definition) is 1. The molecule has 3 aromatic carbocycles. The summed E-state index contributed by atoms with van der Waals surface area (Å²) < 4.78 is 17.6. The molecule has 0 radical (unpaired) electrons. The Bertz CT molecular complexity index is 1090. The molecule has 31 heavy (non-hydrogen) atoms. The fourth-order valence-corrected chi connectivity index (χ4v) is 4.08. The van der Waals surface area contributed by atoms with Crippen LogP contribution in [0.2, 0.25) is 0 Å². The van der Waals surface area contributed by atoms with E-state index in [0.717, 1.165) is 27.8 Å². The largest absolute Gasteiger partial charge is 0.497 e. The van der Waals surface area contributed by atoms with Gasteiger partial charge in [-0.1, -0.05) is 37.3 Å². The summed E-state index contributed by atoms with van der Waals surface area (Å²) >= 11 is 0. The Morgan fingerprint density at radius 1 is 1.10 bits per heavy atom. The van der Waals surface area contributed by atoms with Crippen LogP contribution in [0.1, 0.15) is 45.2 Å². The van der Waals surface area contributed by atoms with Crippen LogP contribution in [-0.4, -0.2) is 24.7 Å². The van der Waals surface area contributed by atoms with Gasteiger partial charge in [0.05, 0.1) is 13.2 Å². The molecule has 0 bridgehead atoms. The van der Waals surface area contributed by atoms with Gasteiger partial charge >= 0.3 is 0 Å². The number of hydrogen-bond acceptors (Lipinski definition) is 4. The molecule has 0 fully saturated rings. The van der Waals surface area contributed by atoms with Crippen molar-refractivity contribution in [1.82, 2.24) is 5.32 Å². The smallest absolute Gasteiger partial charge is 0.261 e. The van der Waals surface area contributed by atoms with E-state index in [0.29, 0.717) is 18.6 Å². The molecule has 3 aromatic rings. The van der Waals surface area contributed by atoms with E-state index in [1.807, 2.05) is 75.4 Å². The second-order valence-corrected chi connectivity index (χ2v) is 8.55. The molecule has 0 aliphatic carbocycles. The summed E-state index contributed by atoms with van der Waals surface area (Å²) in [4.78, 5) is 13.2. The molecule has 1 N–H and O–H groups in total. The predicted molar refractivity (Wildman–Crippen MR) is 122 cm³/mol. The van der Waals surface area contributed by atoms with Crippen molar-refractivity contribution >= 4 is 16.7 Å². The van der Waals surface area contributed by atoms with Gasteiger partial charge in [-0.3, -0.25) is 4.79 Å². The first-order chi connectivity index (χ1) is 14.9. The van der Waals surface area contributed by atoms with E-state index in [9.17, 15) is 4.79 Å². The number of amides is 1. The summed E-state index contributed by atoms with van der Waals surface area (Å²) in [7, 11) is 1.63. The van der Waals surface area contributed by atoms with Crippen LogP contribution < -0.4 is 19.5 Å². The fourth-order valence-electron chi connectivity index (χ4n) is 4.08. The number of rotatable bonds is 6. The molecule has 1 aliphatic rings. The maximum Gasteiger partial charge on any atom is 0.261 e. The van der Waals surface area contributed by atoms with Gasteiger partial charge in [-0.05, 0) is 55.3 Å². The Hall–Kier alpha value is -3.21. The van der Waals surface area contributed by atoms with E-state index >= 15 is 0 Å². The van der Waals surface area contributed by atoms with Gasteiger partial charge in [0.2, 0.25) is 0 Å². The average molecular weight is 420 g/mol. The summed E-state index contributed by atoms with van der Waals surface area (Å²) in [5, 5.41) is 5.42. The molecule has 0 aromatic heterocycles. The summed E-state index contributed by atoms with van der Waals surface area (Å²) in [5.74, 6) is 2.04. The van der Waals surface area contributed by atoms with Crippen molar-refractivity contribution in [3.05, 3.63) is 66.2 Å². The maximum atomic E-state index is 13.2. The van der Waals surface area contributed by atoms with Crippen LogP contribution in [0.5, 0.6) is 17.2 Å². The van der Waals surface area contributed by atoms with Crippen molar-refractivity contribution in [3.8, 4) is 17.2 Å². The van der Waals surface area contributed by atoms with Crippen LogP contribution in [-0.2, 0) is 4.79 Å². The number of carbonyl (C=O) groups is 1. The van der Waals surface area contributed by atoms with Gasteiger partial charge in [0.15, 0.2) is 6.10 Å². The molecule has 5 heteroatoms. The third kappa shape index (κ3) is 4.61. The van der Waals surface area contributed by atoms with Crippen LogP contribution in [0.25, 0.3) is 10.8 Å². The van der Waals surface area contributed by atoms with Crippen molar-refractivity contribution < 1.29 is 19.0 Å². The Labute approximate surface area is 183 Å². The van der Waals surface area contributed by atoms with E-state index in [1.165, 1.54) is 0 Å². The predicted octanol–water partition coefficient (Wildman–Crippen LogP) is 5.42. The number of carbonyl (C=O) groups excluding carboxylic acids is 1. The van der Waals surface area contributed by atoms with E-state index in [-0.39, 0.29) is 11.9 Å². The second-order valence-electron chi connectivity index (χ2n) is 8.55. The minimum Gasteiger partial charge on any atom is -0.497 e. The fraction of sp³-hybridized carbons (Fsp3) is 0.346. The highest BCUT2D eigenvalue weighted by Gasteiger charge is 2.36. The molecule has 1 amide bonds. The van der Waals surface area contributed by atoms with Crippen molar-refractivity contribution in [2.75, 3.05) is 7.11 Å². The number of benzene rings is 3. The van der Waals surface area contributed by atoms with Gasteiger partial charge in [-0.25, -0.2) is 0 Å². The Kier molecular flexibility index (Phi) is 5.77. The molecule has 162 valence electrons. The monoisotopic (exact) mass is 419 g/mol. The van der Waals surface area contributed by atoms with Gasteiger partial charge < -0.3 is 19.5 Å². The van der Waals surface area contributed by atoms with Gasteiger partial charge in [0.25, 0.3) is 5.91 Å². The molecule has 0 saturated heterocycles. The van der Waals surface area contributed by atoms with Gasteiger partial charge in [-0.2, -0.15) is 0 Å². The molecule has 1 heterocycles. The third-order valence-corrected chi connectivity index (χ3v) is 5.66. The zero-order chi connectivity index (χ0) is 22.0. The molecule has 0 spiro atoms. The second kappa shape index (κ2) is 8.50. The lowest BCUT2D eigenvalue weighted by molar-refractivity contribution is -0.129. The zero-order valence-corrected chi connectivity index (χ0v) is 18.5. The minimum atomic E-state index is -0.575. The molecule has 4 rings (SSSR count). The first-order valence-electron chi connectivity index (χ1n) is 10.7. The van der Waals surface area contributed by atoms with E-state index in [1.54, 1.807) is 7.11 Å². The summed E-state index contributed by atoms with van der Waals surface area (Å²) in [6.07, 6.45) is 0.666. The first kappa shape index (κ1) is 21.0. The van der Waals surface area contributed by atoms with Crippen molar-refractivity contribution in [1.29, 1.82) is 0 Å². The number of nitrogens with one attached hydrogen (secondary N) is 1. The Balaban J connectivity index is 1.53. The molecule has 0 unspecified atom stereocenters. The molecular weight excluding hydrogens is 390 g/mol. The zero-order valence-electron chi connectivity index (χ0n) is 18.5. The summed E-state index contributed by atoms with van der Waals surface area (Å²) in [5.41, 5.74) is 0.548.